The Morgan fingerprint density at radius 3 is 2.38 bits per heavy atom. The van der Waals surface area contributed by atoms with Crippen LogP contribution in [0.3, 0.4) is 0 Å². The van der Waals surface area contributed by atoms with Crippen LogP contribution in [-0.2, 0) is 4.79 Å². The van der Waals surface area contributed by atoms with E-state index < -0.39 is 17.5 Å². The molecule has 2 heterocycles. The van der Waals surface area contributed by atoms with Crippen molar-refractivity contribution in [2.24, 2.45) is 0 Å². The number of imidazole rings is 1. The highest BCUT2D eigenvalue weighted by Gasteiger charge is 2.27. The van der Waals surface area contributed by atoms with E-state index in [1.165, 1.54) is 18.4 Å². The second-order valence-electron chi connectivity index (χ2n) is 10.5. The maximum Gasteiger partial charge on any atom is 0.242 e. The molecular weight excluding hydrogens is 513 g/mol. The van der Waals surface area contributed by atoms with Crippen LogP contribution in [0.5, 0.6) is 0 Å². The van der Waals surface area contributed by atoms with Gasteiger partial charge in [0.15, 0.2) is 11.6 Å². The Balaban J connectivity index is 0.000000810. The number of rotatable bonds is 12. The Kier molecular flexibility index (Phi) is 10.5. The maximum atomic E-state index is 13.2. The summed E-state index contributed by atoms with van der Waals surface area (Å²) in [6.45, 7) is 13.0. The molecule has 4 rings (SSSR count). The number of alkyl halides is 2. The normalized spacial score (nSPS) is 14.3. The van der Waals surface area contributed by atoms with E-state index in [2.05, 4.69) is 56.3 Å². The second kappa shape index (κ2) is 13.6. The predicted molar refractivity (Wildman–Crippen MR) is 155 cm³/mol. The van der Waals surface area contributed by atoms with Crippen molar-refractivity contribution in [3.63, 3.8) is 0 Å². The summed E-state index contributed by atoms with van der Waals surface area (Å²) in [6.07, 6.45) is 14.0. The first-order valence-electron chi connectivity index (χ1n) is 13.7. The molecule has 0 bridgehead atoms. The molecule has 5 nitrogen and oxygen atoms in total. The van der Waals surface area contributed by atoms with Crippen LogP contribution in [0.15, 0.2) is 74.1 Å². The summed E-state index contributed by atoms with van der Waals surface area (Å²) in [7, 11) is 0. The van der Waals surface area contributed by atoms with Crippen LogP contribution in [0.1, 0.15) is 93.6 Å². The van der Waals surface area contributed by atoms with Gasteiger partial charge in [0, 0.05) is 30.3 Å². The Morgan fingerprint density at radius 1 is 1.23 bits per heavy atom. The van der Waals surface area contributed by atoms with Gasteiger partial charge in [-0.3, -0.25) is 4.79 Å². The zero-order chi connectivity index (χ0) is 29.4. The average Bonchev–Trinajstić information content (AvgIpc) is 3.50. The molecule has 1 aliphatic carbocycles. The SMILES string of the molecule is C=C/C=C(\c1c(C(CC)CCCC(=O)C(=C)F)nn(-c2ccc(C3CC3)cc2)c1C)n1ccnc1.CC(C)(F)F. The first-order chi connectivity index (χ1) is 18.9. The monoisotopic (exact) mass is 552 g/mol. The van der Waals surface area contributed by atoms with Gasteiger partial charge in [0.05, 0.1) is 29.1 Å². The predicted octanol–water partition coefficient (Wildman–Crippen LogP) is 8.71. The molecule has 0 amide bonds. The van der Waals surface area contributed by atoms with Crippen LogP contribution < -0.4 is 0 Å². The molecular formula is C32H39F3N4O. The van der Waals surface area contributed by atoms with Gasteiger partial charge in [-0.05, 0) is 82.6 Å². The molecule has 0 N–H and O–H groups in total. The molecule has 0 spiro atoms. The Bertz CT molecular complexity index is 1320. The molecule has 1 saturated carbocycles. The Labute approximate surface area is 235 Å². The van der Waals surface area contributed by atoms with Crippen LogP contribution in [0.4, 0.5) is 13.2 Å². The zero-order valence-electron chi connectivity index (χ0n) is 23.8. The molecule has 8 heteroatoms. The molecule has 1 unspecified atom stereocenters. The quantitative estimate of drug-likeness (QED) is 0.167. The van der Waals surface area contributed by atoms with Crippen LogP contribution in [0.2, 0.25) is 0 Å². The number of halogens is 3. The zero-order valence-corrected chi connectivity index (χ0v) is 23.8. The standard InChI is InChI=1S/C29H33FN4O.C3H6F2/c1-5-8-26(33-18-17-31-19-33)28-21(4)34(25-15-13-24(14-16-25)23-11-12-23)32-29(28)22(6-2)9-7-10-27(35)20(3)30;1-3(2,4)5/h5,8,13-19,22-23H,1,3,6-7,9-12H2,2,4H3;1-2H3/b26-8+;. The van der Waals surface area contributed by atoms with Crippen molar-refractivity contribution in [3.8, 4) is 5.69 Å². The van der Waals surface area contributed by atoms with Gasteiger partial charge in [0.25, 0.3) is 0 Å². The summed E-state index contributed by atoms with van der Waals surface area (Å²) in [5, 5.41) is 5.12. The molecule has 1 aliphatic rings. The van der Waals surface area contributed by atoms with Gasteiger partial charge in [-0.25, -0.2) is 22.8 Å². The summed E-state index contributed by atoms with van der Waals surface area (Å²) < 4.78 is 39.2. The molecule has 214 valence electrons. The largest absolute Gasteiger partial charge is 0.306 e. The van der Waals surface area contributed by atoms with Gasteiger partial charge in [-0.1, -0.05) is 38.3 Å². The average molecular weight is 553 g/mol. The second-order valence-corrected chi connectivity index (χ2v) is 10.5. The first kappa shape index (κ1) is 30.9. The molecule has 3 aromatic rings. The van der Waals surface area contributed by atoms with Gasteiger partial charge in [0.1, 0.15) is 0 Å². The van der Waals surface area contributed by atoms with Gasteiger partial charge in [-0.15, -0.1) is 0 Å². The third-order valence-electron chi connectivity index (χ3n) is 6.78. The van der Waals surface area contributed by atoms with Gasteiger partial charge in [0.2, 0.25) is 5.92 Å². The van der Waals surface area contributed by atoms with E-state index in [0.29, 0.717) is 12.3 Å². The minimum Gasteiger partial charge on any atom is -0.306 e. The highest BCUT2D eigenvalue weighted by atomic mass is 19.3. The summed E-state index contributed by atoms with van der Waals surface area (Å²) in [6, 6.07) is 8.69. The van der Waals surface area contributed by atoms with Gasteiger partial charge < -0.3 is 4.57 Å². The lowest BCUT2D eigenvalue weighted by molar-refractivity contribution is -0.117. The van der Waals surface area contributed by atoms with E-state index in [-0.39, 0.29) is 12.3 Å². The number of benzene rings is 1. The number of aromatic nitrogens is 4. The van der Waals surface area contributed by atoms with E-state index in [4.69, 9.17) is 5.10 Å². The Morgan fingerprint density at radius 2 is 1.88 bits per heavy atom. The fourth-order valence-corrected chi connectivity index (χ4v) is 4.67. The van der Waals surface area contributed by atoms with E-state index >= 15 is 0 Å². The molecule has 1 atom stereocenters. The molecule has 2 aromatic heterocycles. The number of allylic oxidation sites excluding steroid dienone is 3. The molecule has 0 radical (unpaired) electrons. The van der Waals surface area contributed by atoms with E-state index in [1.807, 2.05) is 21.5 Å². The number of hydrogen-bond donors (Lipinski definition) is 0. The topological polar surface area (TPSA) is 52.7 Å². The third kappa shape index (κ3) is 8.41. The third-order valence-corrected chi connectivity index (χ3v) is 6.78. The fourth-order valence-electron chi connectivity index (χ4n) is 4.67. The van der Waals surface area contributed by atoms with Crippen LogP contribution in [-0.4, -0.2) is 31.0 Å². The van der Waals surface area contributed by atoms with Gasteiger partial charge >= 0.3 is 0 Å². The minimum absolute atomic E-state index is 0.105. The van der Waals surface area contributed by atoms with Crippen molar-refractivity contribution in [1.29, 1.82) is 0 Å². The van der Waals surface area contributed by atoms with E-state index in [0.717, 1.165) is 55.0 Å². The van der Waals surface area contributed by atoms with Crippen LogP contribution in [0, 0.1) is 6.92 Å². The Hall–Kier alpha value is -3.68. The molecule has 40 heavy (non-hydrogen) atoms. The lowest BCUT2D eigenvalue weighted by Gasteiger charge is -2.16. The number of hydrogen-bond acceptors (Lipinski definition) is 3. The van der Waals surface area contributed by atoms with Crippen molar-refractivity contribution in [1.82, 2.24) is 19.3 Å². The number of ketones is 1. The minimum atomic E-state index is -2.50. The van der Waals surface area contributed by atoms with Gasteiger partial charge in [-0.2, -0.15) is 5.10 Å². The molecule has 0 saturated heterocycles. The van der Waals surface area contributed by atoms with Crippen molar-refractivity contribution in [3.05, 3.63) is 96.6 Å². The first-order valence-corrected chi connectivity index (χ1v) is 13.7. The fraction of sp³-hybridized carbons (Fsp3) is 0.406. The summed E-state index contributed by atoms with van der Waals surface area (Å²) in [5.74, 6) is -3.09. The maximum absolute atomic E-state index is 13.2. The van der Waals surface area contributed by atoms with Crippen LogP contribution >= 0.6 is 0 Å². The highest BCUT2D eigenvalue weighted by Crippen LogP contribution is 2.40. The van der Waals surface area contributed by atoms with Crippen molar-refractivity contribution in [2.75, 3.05) is 0 Å². The highest BCUT2D eigenvalue weighted by molar-refractivity contribution is 5.92. The van der Waals surface area contributed by atoms with E-state index in [1.54, 1.807) is 18.6 Å². The smallest absolute Gasteiger partial charge is 0.242 e. The molecule has 1 fully saturated rings. The number of carbonyl (C=O) groups is 1. The molecule has 0 aliphatic heterocycles. The summed E-state index contributed by atoms with van der Waals surface area (Å²) in [4.78, 5) is 16.0. The number of nitrogens with zero attached hydrogens (tertiary/aromatic N) is 4. The van der Waals surface area contributed by atoms with Crippen molar-refractivity contribution in [2.45, 2.75) is 84.0 Å². The summed E-state index contributed by atoms with van der Waals surface area (Å²) in [5.41, 5.74) is 6.36. The lowest BCUT2D eigenvalue weighted by atomic mass is 9.91. The van der Waals surface area contributed by atoms with Crippen LogP contribution in [0.25, 0.3) is 11.4 Å². The lowest BCUT2D eigenvalue weighted by Crippen LogP contribution is -2.07. The molecule has 1 aromatic carbocycles. The number of carbonyl (C=O) groups excluding carboxylic acids is 1. The van der Waals surface area contributed by atoms with Crippen molar-refractivity contribution >= 4 is 11.5 Å². The van der Waals surface area contributed by atoms with E-state index in [9.17, 15) is 18.0 Å². The summed E-state index contributed by atoms with van der Waals surface area (Å²) >= 11 is 0. The van der Waals surface area contributed by atoms with Crippen molar-refractivity contribution < 1.29 is 18.0 Å². The number of Topliss-reactive ketones (excluding diaryl/α,β-unsaturated/α-hetero) is 1.